The Morgan fingerprint density at radius 2 is 2.13 bits per heavy atom. The fraction of sp³-hybridized carbons (Fsp3) is 0.500. The summed E-state index contributed by atoms with van der Waals surface area (Å²) in [6, 6.07) is 4.27. The van der Waals surface area contributed by atoms with Gasteiger partial charge in [-0.05, 0) is 24.6 Å². The van der Waals surface area contributed by atoms with E-state index in [1.807, 2.05) is 0 Å². The Kier molecular flexibility index (Phi) is 3.97. The van der Waals surface area contributed by atoms with E-state index in [2.05, 4.69) is 5.32 Å². The maximum atomic E-state index is 13.6. The van der Waals surface area contributed by atoms with Crippen LogP contribution in [0, 0.1) is 18.7 Å². The molecule has 3 amide bonds. The molecule has 0 saturated carbocycles. The molecule has 3 atom stereocenters. The van der Waals surface area contributed by atoms with Crippen LogP contribution in [0.2, 0.25) is 0 Å². The summed E-state index contributed by atoms with van der Waals surface area (Å²) in [4.78, 5) is 27.7. The van der Waals surface area contributed by atoms with Crippen LogP contribution in [0.15, 0.2) is 18.2 Å². The molecule has 6 nitrogen and oxygen atoms in total. The third kappa shape index (κ3) is 2.65. The minimum absolute atomic E-state index is 0.0296. The van der Waals surface area contributed by atoms with Crippen molar-refractivity contribution in [2.45, 2.75) is 19.1 Å². The predicted molar refractivity (Wildman–Crippen MR) is 82.6 cm³/mol. The second-order valence-corrected chi connectivity index (χ2v) is 6.14. The van der Waals surface area contributed by atoms with Crippen LogP contribution in [-0.4, -0.2) is 61.1 Å². The maximum Gasteiger partial charge on any atom is 0.321 e. The smallest absolute Gasteiger partial charge is 0.321 e. The van der Waals surface area contributed by atoms with Crippen LogP contribution in [0.4, 0.5) is 14.9 Å². The van der Waals surface area contributed by atoms with Crippen LogP contribution in [0.25, 0.3) is 0 Å². The maximum absolute atomic E-state index is 13.6. The summed E-state index contributed by atoms with van der Waals surface area (Å²) in [5.41, 5.74) is 0.949. The van der Waals surface area contributed by atoms with Crippen LogP contribution in [0.5, 0.6) is 0 Å². The second kappa shape index (κ2) is 5.81. The zero-order chi connectivity index (χ0) is 16.7. The molecule has 2 aliphatic rings. The van der Waals surface area contributed by atoms with Gasteiger partial charge in [0.25, 0.3) is 5.91 Å². The predicted octanol–water partition coefficient (Wildman–Crippen LogP) is 1.45. The second-order valence-electron chi connectivity index (χ2n) is 6.14. The number of rotatable bonds is 2. The van der Waals surface area contributed by atoms with Gasteiger partial charge in [0.2, 0.25) is 0 Å². The van der Waals surface area contributed by atoms with Gasteiger partial charge in [-0.3, -0.25) is 4.79 Å². The Balaban J connectivity index is 1.68. The first kappa shape index (κ1) is 15.7. The van der Waals surface area contributed by atoms with Crippen LogP contribution < -0.4 is 5.32 Å². The number of hydrogen-bond acceptors (Lipinski definition) is 3. The van der Waals surface area contributed by atoms with Gasteiger partial charge in [-0.25, -0.2) is 9.18 Å². The Hall–Kier alpha value is -2.15. The third-order valence-corrected chi connectivity index (χ3v) is 4.77. The molecule has 124 valence electrons. The lowest BCUT2D eigenvalue weighted by molar-refractivity contribution is -0.136. The first-order valence-electron chi connectivity index (χ1n) is 7.54. The molecule has 7 heteroatoms. The molecule has 0 aromatic heterocycles. The summed E-state index contributed by atoms with van der Waals surface area (Å²) in [6.07, 6.45) is -0.500. The number of carbonyl (C=O) groups excluding carboxylic acids is 2. The van der Waals surface area contributed by atoms with Crippen molar-refractivity contribution in [1.82, 2.24) is 9.80 Å². The first-order chi connectivity index (χ1) is 10.9. The van der Waals surface area contributed by atoms with Gasteiger partial charge in [-0.15, -0.1) is 0 Å². The number of anilines is 1. The Labute approximate surface area is 134 Å². The molecule has 2 fully saturated rings. The number of hydrogen-bond donors (Lipinski definition) is 1. The molecular formula is C16H20FN3O3. The highest BCUT2D eigenvalue weighted by molar-refractivity contribution is 5.90. The van der Waals surface area contributed by atoms with Gasteiger partial charge in [-0.2, -0.15) is 0 Å². The fourth-order valence-electron chi connectivity index (χ4n) is 3.38. The van der Waals surface area contributed by atoms with Crippen molar-refractivity contribution in [2.75, 3.05) is 32.6 Å². The molecule has 1 N–H and O–H groups in total. The summed E-state index contributed by atoms with van der Waals surface area (Å²) in [7, 11) is 3.24. The molecule has 0 unspecified atom stereocenters. The topological polar surface area (TPSA) is 61.9 Å². The van der Waals surface area contributed by atoms with E-state index in [-0.39, 0.29) is 29.7 Å². The van der Waals surface area contributed by atoms with E-state index in [1.165, 1.54) is 13.2 Å². The van der Waals surface area contributed by atoms with E-state index in [0.717, 1.165) is 0 Å². The van der Waals surface area contributed by atoms with E-state index in [0.29, 0.717) is 24.3 Å². The molecule has 0 aliphatic carbocycles. The zero-order valence-corrected chi connectivity index (χ0v) is 13.4. The number of benzene rings is 1. The quantitative estimate of drug-likeness (QED) is 0.897. The highest BCUT2D eigenvalue weighted by Crippen LogP contribution is 2.33. The number of nitrogens with one attached hydrogen (secondary N) is 1. The van der Waals surface area contributed by atoms with Crippen LogP contribution in [0.1, 0.15) is 5.56 Å². The van der Waals surface area contributed by atoms with Gasteiger partial charge in [0, 0.05) is 38.9 Å². The summed E-state index contributed by atoms with van der Waals surface area (Å²) >= 11 is 0. The van der Waals surface area contributed by atoms with Gasteiger partial charge in [0.05, 0.1) is 6.04 Å². The minimum atomic E-state index is -0.500. The highest BCUT2D eigenvalue weighted by Gasteiger charge is 2.52. The summed E-state index contributed by atoms with van der Waals surface area (Å²) in [5, 5.41) is 2.70. The van der Waals surface area contributed by atoms with Crippen molar-refractivity contribution < 1.29 is 18.7 Å². The molecule has 1 aromatic carbocycles. The third-order valence-electron chi connectivity index (χ3n) is 4.77. The number of ether oxygens (including phenoxy) is 1. The van der Waals surface area contributed by atoms with Gasteiger partial charge in [0.1, 0.15) is 11.9 Å². The van der Waals surface area contributed by atoms with E-state index in [9.17, 15) is 14.0 Å². The van der Waals surface area contributed by atoms with Gasteiger partial charge in [0.15, 0.2) is 0 Å². The number of urea groups is 1. The summed E-state index contributed by atoms with van der Waals surface area (Å²) in [6.45, 7) is 2.56. The van der Waals surface area contributed by atoms with Crippen molar-refractivity contribution in [3.8, 4) is 0 Å². The minimum Gasteiger partial charge on any atom is -0.371 e. The average molecular weight is 321 g/mol. The monoisotopic (exact) mass is 321 g/mol. The Morgan fingerprint density at radius 3 is 2.78 bits per heavy atom. The molecule has 2 heterocycles. The van der Waals surface area contributed by atoms with Gasteiger partial charge in [-0.1, -0.05) is 6.07 Å². The number of nitrogens with zero attached hydrogens (tertiary/aromatic N) is 2. The Morgan fingerprint density at radius 1 is 1.39 bits per heavy atom. The molecule has 3 rings (SSSR count). The SMILES string of the molecule is CO[C@@H]1C(=O)N(C)[C@@H]2CN(C(=O)Nc3ccc(C)c(F)c3)C[C@H]12. The number of carbonyl (C=O) groups is 2. The highest BCUT2D eigenvalue weighted by atomic mass is 19.1. The number of likely N-dealkylation sites (tertiary alicyclic amines) is 2. The lowest BCUT2D eigenvalue weighted by Gasteiger charge is -2.22. The number of aryl methyl sites for hydroxylation is 1. The largest absolute Gasteiger partial charge is 0.371 e. The average Bonchev–Trinajstić information content (AvgIpc) is 3.03. The molecule has 0 spiro atoms. The van der Waals surface area contributed by atoms with Crippen molar-refractivity contribution in [3.63, 3.8) is 0 Å². The van der Waals surface area contributed by atoms with Crippen LogP contribution in [0.3, 0.4) is 0 Å². The standard InChI is InChI=1S/C16H20FN3O3/c1-9-4-5-10(6-12(9)17)18-16(22)20-7-11-13(8-20)19(2)15(21)14(11)23-3/h4-6,11,13-14H,7-8H2,1-3H3,(H,18,22)/t11-,13+,14-/m0/s1. The number of likely N-dealkylation sites (N-methyl/N-ethyl adjacent to an activating group) is 1. The van der Waals surface area contributed by atoms with Crippen LogP contribution in [-0.2, 0) is 9.53 Å². The molecule has 0 bridgehead atoms. The number of methoxy groups -OCH3 is 1. The Bertz CT molecular complexity index is 651. The lowest BCUT2D eigenvalue weighted by Crippen LogP contribution is -2.40. The van der Waals surface area contributed by atoms with Gasteiger partial charge >= 0.3 is 6.03 Å². The van der Waals surface area contributed by atoms with E-state index >= 15 is 0 Å². The van der Waals surface area contributed by atoms with Crippen molar-refractivity contribution in [3.05, 3.63) is 29.6 Å². The molecular weight excluding hydrogens is 301 g/mol. The van der Waals surface area contributed by atoms with E-state index in [4.69, 9.17) is 4.74 Å². The molecule has 2 saturated heterocycles. The van der Waals surface area contributed by atoms with E-state index < -0.39 is 6.10 Å². The molecule has 0 radical (unpaired) electrons. The van der Waals surface area contributed by atoms with Crippen molar-refractivity contribution in [1.29, 1.82) is 0 Å². The fourth-order valence-corrected chi connectivity index (χ4v) is 3.38. The molecule has 1 aromatic rings. The number of amides is 3. The summed E-state index contributed by atoms with van der Waals surface area (Å²) in [5.74, 6) is -0.424. The molecule has 23 heavy (non-hydrogen) atoms. The normalized spacial score (nSPS) is 26.6. The lowest BCUT2D eigenvalue weighted by atomic mass is 10.0. The summed E-state index contributed by atoms with van der Waals surface area (Å²) < 4.78 is 18.8. The van der Waals surface area contributed by atoms with Crippen molar-refractivity contribution >= 4 is 17.6 Å². The van der Waals surface area contributed by atoms with Crippen LogP contribution >= 0.6 is 0 Å². The van der Waals surface area contributed by atoms with Gasteiger partial charge < -0.3 is 19.9 Å². The first-order valence-corrected chi connectivity index (χ1v) is 7.54. The zero-order valence-electron chi connectivity index (χ0n) is 13.4. The van der Waals surface area contributed by atoms with E-state index in [1.54, 1.807) is 35.9 Å². The number of halogens is 1. The molecule has 2 aliphatic heterocycles. The number of fused-ring (bicyclic) bond motifs is 1. The van der Waals surface area contributed by atoms with Crippen molar-refractivity contribution in [2.24, 2.45) is 5.92 Å².